The standard InChI is InChI=1S/C12H21N2/c13-10-8-9-4-1-2-5-11(9)14-7-3-6-12(10)14/h9-11H,1-8,13H2/q+1/t9-,10-,11-/m0/s1. The molecular formula is C12H21N2+. The Bertz CT molecular complexity index is 269. The zero-order valence-corrected chi connectivity index (χ0v) is 8.91. The van der Waals surface area contributed by atoms with Crippen LogP contribution in [0.25, 0.3) is 0 Å². The molecule has 0 amide bonds. The highest BCUT2D eigenvalue weighted by Gasteiger charge is 2.44. The van der Waals surface area contributed by atoms with Gasteiger partial charge in [0.05, 0.1) is 6.04 Å². The van der Waals surface area contributed by atoms with E-state index in [1.54, 1.807) is 5.71 Å². The van der Waals surface area contributed by atoms with Crippen molar-refractivity contribution < 1.29 is 4.58 Å². The highest BCUT2D eigenvalue weighted by molar-refractivity contribution is 5.86. The van der Waals surface area contributed by atoms with Gasteiger partial charge >= 0.3 is 0 Å². The van der Waals surface area contributed by atoms with Gasteiger partial charge in [0.1, 0.15) is 6.54 Å². The van der Waals surface area contributed by atoms with E-state index >= 15 is 0 Å². The molecule has 1 fully saturated rings. The Hall–Kier alpha value is -0.370. The molecule has 2 heteroatoms. The molecule has 0 unspecified atom stereocenters. The molecule has 3 atom stereocenters. The van der Waals surface area contributed by atoms with E-state index in [0.29, 0.717) is 6.04 Å². The predicted molar refractivity (Wildman–Crippen MR) is 57.7 cm³/mol. The monoisotopic (exact) mass is 193 g/mol. The molecule has 2 aliphatic heterocycles. The second-order valence-electron chi connectivity index (χ2n) is 5.24. The molecule has 2 N–H and O–H groups in total. The van der Waals surface area contributed by atoms with Gasteiger partial charge in [-0.25, -0.2) is 4.58 Å². The maximum atomic E-state index is 6.25. The van der Waals surface area contributed by atoms with Crippen LogP contribution in [0.5, 0.6) is 0 Å². The minimum atomic E-state index is 0.400. The third-order valence-corrected chi connectivity index (χ3v) is 4.45. The molecule has 1 saturated carbocycles. The van der Waals surface area contributed by atoms with Gasteiger partial charge in [-0.3, -0.25) is 0 Å². The largest absolute Gasteiger partial charge is 0.319 e. The summed E-state index contributed by atoms with van der Waals surface area (Å²) in [7, 11) is 0. The van der Waals surface area contributed by atoms with Gasteiger partial charge in [0.25, 0.3) is 0 Å². The molecule has 0 spiro atoms. The van der Waals surface area contributed by atoms with E-state index in [1.165, 1.54) is 51.5 Å². The van der Waals surface area contributed by atoms with Crippen LogP contribution in [0.2, 0.25) is 0 Å². The first-order valence-corrected chi connectivity index (χ1v) is 6.24. The molecule has 2 heterocycles. The number of nitrogens with zero attached hydrogens (tertiary/aromatic N) is 1. The Balaban J connectivity index is 1.92. The maximum absolute atomic E-state index is 6.25. The van der Waals surface area contributed by atoms with Gasteiger partial charge in [0.15, 0.2) is 11.8 Å². The summed E-state index contributed by atoms with van der Waals surface area (Å²) in [6, 6.07) is 1.28. The number of hydrogen-bond acceptors (Lipinski definition) is 1. The number of hydrogen-bond donors (Lipinski definition) is 1. The molecule has 0 bridgehead atoms. The summed E-state index contributed by atoms with van der Waals surface area (Å²) >= 11 is 0. The van der Waals surface area contributed by atoms with E-state index in [0.717, 1.165) is 12.0 Å². The van der Waals surface area contributed by atoms with Crippen LogP contribution in [-0.4, -0.2) is 28.9 Å². The lowest BCUT2D eigenvalue weighted by Gasteiger charge is -2.34. The van der Waals surface area contributed by atoms with Gasteiger partial charge in [-0.1, -0.05) is 6.42 Å². The third kappa shape index (κ3) is 1.23. The molecule has 0 saturated heterocycles. The van der Waals surface area contributed by atoms with Crippen molar-refractivity contribution in [3.05, 3.63) is 0 Å². The zero-order chi connectivity index (χ0) is 9.54. The molecular weight excluding hydrogens is 172 g/mol. The lowest BCUT2D eigenvalue weighted by Crippen LogP contribution is -2.50. The average molecular weight is 193 g/mol. The first-order chi connectivity index (χ1) is 6.86. The zero-order valence-electron chi connectivity index (χ0n) is 8.91. The van der Waals surface area contributed by atoms with E-state index < -0.39 is 0 Å². The molecule has 78 valence electrons. The van der Waals surface area contributed by atoms with E-state index in [1.807, 2.05) is 0 Å². The molecule has 0 radical (unpaired) electrons. The van der Waals surface area contributed by atoms with Crippen LogP contribution < -0.4 is 5.73 Å². The Kier molecular flexibility index (Phi) is 2.12. The molecule has 0 aromatic heterocycles. The lowest BCUT2D eigenvalue weighted by atomic mass is 9.77. The van der Waals surface area contributed by atoms with Crippen LogP contribution in [0.3, 0.4) is 0 Å². The van der Waals surface area contributed by atoms with Crippen molar-refractivity contribution in [2.24, 2.45) is 11.7 Å². The Morgan fingerprint density at radius 2 is 2.00 bits per heavy atom. The van der Waals surface area contributed by atoms with Crippen molar-refractivity contribution >= 4 is 5.71 Å². The van der Waals surface area contributed by atoms with Gasteiger partial charge in [-0.2, -0.15) is 0 Å². The van der Waals surface area contributed by atoms with E-state index in [4.69, 9.17) is 5.73 Å². The summed E-state index contributed by atoms with van der Waals surface area (Å²) in [6.45, 7) is 1.30. The summed E-state index contributed by atoms with van der Waals surface area (Å²) in [4.78, 5) is 0. The molecule has 3 aliphatic rings. The highest BCUT2D eigenvalue weighted by Crippen LogP contribution is 2.35. The van der Waals surface area contributed by atoms with Crippen LogP contribution in [0.4, 0.5) is 0 Å². The Morgan fingerprint density at radius 3 is 2.93 bits per heavy atom. The van der Waals surface area contributed by atoms with Crippen LogP contribution in [0, 0.1) is 5.92 Å². The second-order valence-corrected chi connectivity index (χ2v) is 5.24. The van der Waals surface area contributed by atoms with Crippen molar-refractivity contribution in [1.82, 2.24) is 0 Å². The summed E-state index contributed by atoms with van der Waals surface area (Å²) in [5.41, 5.74) is 7.84. The van der Waals surface area contributed by atoms with Crippen molar-refractivity contribution in [2.75, 3.05) is 6.54 Å². The van der Waals surface area contributed by atoms with Crippen LogP contribution in [0.15, 0.2) is 0 Å². The maximum Gasteiger partial charge on any atom is 0.169 e. The van der Waals surface area contributed by atoms with Crippen molar-refractivity contribution in [3.8, 4) is 0 Å². The smallest absolute Gasteiger partial charge is 0.169 e. The van der Waals surface area contributed by atoms with E-state index in [-0.39, 0.29) is 0 Å². The molecule has 14 heavy (non-hydrogen) atoms. The highest BCUT2D eigenvalue weighted by atomic mass is 15.1. The summed E-state index contributed by atoms with van der Waals surface area (Å²) in [5.74, 6) is 0.917. The minimum absolute atomic E-state index is 0.400. The van der Waals surface area contributed by atoms with Gasteiger partial charge in [0.2, 0.25) is 0 Å². The molecule has 3 rings (SSSR count). The summed E-state index contributed by atoms with van der Waals surface area (Å²) in [6.07, 6.45) is 9.66. The number of fused-ring (bicyclic) bond motifs is 2. The van der Waals surface area contributed by atoms with Crippen LogP contribution in [0.1, 0.15) is 44.9 Å². The van der Waals surface area contributed by atoms with Crippen molar-refractivity contribution in [2.45, 2.75) is 57.0 Å². The first kappa shape index (κ1) is 8.90. The van der Waals surface area contributed by atoms with Crippen molar-refractivity contribution in [1.29, 1.82) is 0 Å². The fourth-order valence-electron chi connectivity index (χ4n) is 3.83. The SMILES string of the molecule is N[C@H]1C[C@@H]2CCCC[C@@H]2[N+]2=C1CCC2. The first-order valence-electron chi connectivity index (χ1n) is 6.24. The van der Waals surface area contributed by atoms with Crippen molar-refractivity contribution in [3.63, 3.8) is 0 Å². The van der Waals surface area contributed by atoms with E-state index in [2.05, 4.69) is 4.58 Å². The average Bonchev–Trinajstić information content (AvgIpc) is 2.67. The second kappa shape index (κ2) is 3.34. The van der Waals surface area contributed by atoms with Crippen LogP contribution >= 0.6 is 0 Å². The molecule has 1 aliphatic carbocycles. The molecule has 0 aromatic rings. The minimum Gasteiger partial charge on any atom is -0.319 e. The van der Waals surface area contributed by atoms with Gasteiger partial charge < -0.3 is 5.73 Å². The fourth-order valence-corrected chi connectivity index (χ4v) is 3.83. The van der Waals surface area contributed by atoms with Gasteiger partial charge in [0, 0.05) is 25.2 Å². The van der Waals surface area contributed by atoms with Gasteiger partial charge in [-0.15, -0.1) is 0 Å². The summed E-state index contributed by atoms with van der Waals surface area (Å²) in [5, 5.41) is 0. The van der Waals surface area contributed by atoms with E-state index in [9.17, 15) is 0 Å². The quantitative estimate of drug-likeness (QED) is 0.581. The third-order valence-electron chi connectivity index (χ3n) is 4.45. The Morgan fingerprint density at radius 1 is 1.14 bits per heavy atom. The number of rotatable bonds is 0. The van der Waals surface area contributed by atoms with Crippen LogP contribution in [-0.2, 0) is 0 Å². The topological polar surface area (TPSA) is 29.0 Å². The summed E-state index contributed by atoms with van der Waals surface area (Å²) < 4.78 is 2.68. The van der Waals surface area contributed by atoms with Gasteiger partial charge in [-0.05, 0) is 19.3 Å². The lowest BCUT2D eigenvalue weighted by molar-refractivity contribution is -0.577. The normalized spacial score (nSPS) is 42.2. The fraction of sp³-hybridized carbons (Fsp3) is 0.917. The predicted octanol–water partition coefficient (Wildman–Crippen LogP) is 1.52. The number of nitrogens with two attached hydrogens (primary N) is 1. The molecule has 2 nitrogen and oxygen atoms in total. The Labute approximate surface area is 86.2 Å². The molecule has 0 aromatic carbocycles.